The van der Waals surface area contributed by atoms with Crippen molar-refractivity contribution in [3.05, 3.63) is 96.6 Å². The number of benzene rings is 3. The highest BCUT2D eigenvalue weighted by molar-refractivity contribution is 6.38. The van der Waals surface area contributed by atoms with E-state index in [1.54, 1.807) is 29.2 Å². The third-order valence-electron chi connectivity index (χ3n) is 5.15. The van der Waals surface area contributed by atoms with Gasteiger partial charge in [0.2, 0.25) is 5.91 Å². The van der Waals surface area contributed by atoms with Gasteiger partial charge in [0.25, 0.3) is 5.91 Å². The van der Waals surface area contributed by atoms with Crippen LogP contribution in [0.4, 0.5) is 11.4 Å². The molecule has 7 nitrogen and oxygen atoms in total. The fourth-order valence-electron chi connectivity index (χ4n) is 3.46. The fraction of sp³-hybridized carbons (Fsp3) is 0.154. The number of para-hydroxylation sites is 2. The lowest BCUT2D eigenvalue weighted by Gasteiger charge is -2.24. The van der Waals surface area contributed by atoms with Gasteiger partial charge in [0.05, 0.1) is 12.2 Å². The molecule has 33 heavy (non-hydrogen) atoms. The number of esters is 1. The van der Waals surface area contributed by atoms with Gasteiger partial charge >= 0.3 is 5.97 Å². The Bertz CT molecular complexity index is 1150. The highest BCUT2D eigenvalue weighted by Gasteiger charge is 2.27. The number of carbonyl (C=O) groups is 3. The molecule has 0 aromatic heterocycles. The summed E-state index contributed by atoms with van der Waals surface area (Å²) in [5, 5.41) is 5.38. The van der Waals surface area contributed by atoms with E-state index in [0.717, 1.165) is 5.56 Å². The maximum absolute atomic E-state index is 13.0. The number of amides is 2. The van der Waals surface area contributed by atoms with Gasteiger partial charge < -0.3 is 9.64 Å². The van der Waals surface area contributed by atoms with Crippen LogP contribution in [0, 0.1) is 0 Å². The quantitative estimate of drug-likeness (QED) is 0.520. The minimum atomic E-state index is -0.704. The van der Waals surface area contributed by atoms with E-state index in [0.29, 0.717) is 17.9 Å². The number of hydrogen-bond donors (Lipinski definition) is 0. The van der Waals surface area contributed by atoms with Crippen molar-refractivity contribution < 1.29 is 19.1 Å². The van der Waals surface area contributed by atoms with Crippen molar-refractivity contribution in [2.75, 3.05) is 16.5 Å². The van der Waals surface area contributed by atoms with Crippen LogP contribution in [0.25, 0.3) is 0 Å². The van der Waals surface area contributed by atoms with Crippen LogP contribution in [0.1, 0.15) is 18.4 Å². The predicted octanol–water partition coefficient (Wildman–Crippen LogP) is 3.95. The second kappa shape index (κ2) is 10.4. The van der Waals surface area contributed by atoms with Gasteiger partial charge in [-0.1, -0.05) is 66.7 Å². The maximum atomic E-state index is 13.0. The van der Waals surface area contributed by atoms with Crippen LogP contribution >= 0.6 is 0 Å². The summed E-state index contributed by atoms with van der Waals surface area (Å²) in [6.07, 6.45) is 0.308. The van der Waals surface area contributed by atoms with E-state index < -0.39 is 12.6 Å². The van der Waals surface area contributed by atoms with E-state index in [4.69, 9.17) is 4.74 Å². The summed E-state index contributed by atoms with van der Waals surface area (Å²) in [5.74, 6) is -1.26. The number of nitrogens with zero attached hydrogens (tertiary/aromatic N) is 3. The average Bonchev–Trinajstić information content (AvgIpc) is 2.87. The smallest absolute Gasteiger partial charge is 0.355 e. The second-order valence-electron chi connectivity index (χ2n) is 7.46. The molecule has 0 N–H and O–H groups in total. The van der Waals surface area contributed by atoms with Crippen molar-refractivity contribution >= 4 is 34.9 Å². The van der Waals surface area contributed by atoms with Crippen molar-refractivity contribution in [1.82, 2.24) is 0 Å². The number of carbonyl (C=O) groups excluding carboxylic acids is 3. The van der Waals surface area contributed by atoms with Crippen LogP contribution in [-0.2, 0) is 25.7 Å². The molecule has 2 amide bonds. The third-order valence-corrected chi connectivity index (χ3v) is 5.15. The van der Waals surface area contributed by atoms with E-state index in [2.05, 4.69) is 5.10 Å². The Morgan fingerprint density at radius 3 is 2.12 bits per heavy atom. The SMILES string of the molecule is O=C(OCC(=O)N(Cc1ccccc1)c1ccccc1)C1=NN(c2ccccc2)C(=O)CC1. The van der Waals surface area contributed by atoms with Crippen LogP contribution in [-0.4, -0.2) is 30.1 Å². The first-order valence-electron chi connectivity index (χ1n) is 10.6. The summed E-state index contributed by atoms with van der Waals surface area (Å²) in [4.78, 5) is 39.5. The summed E-state index contributed by atoms with van der Waals surface area (Å²) >= 11 is 0. The Morgan fingerprint density at radius 1 is 0.848 bits per heavy atom. The number of hydrogen-bond acceptors (Lipinski definition) is 5. The standard InChI is InChI=1S/C26H23N3O4/c30-24-17-16-23(27-29(24)22-14-8-3-9-15-22)26(32)33-19-25(31)28(21-12-6-2-7-13-21)18-20-10-4-1-5-11-20/h1-15H,16-19H2. The van der Waals surface area contributed by atoms with Crippen molar-refractivity contribution in [1.29, 1.82) is 0 Å². The molecule has 3 aromatic carbocycles. The summed E-state index contributed by atoms with van der Waals surface area (Å²) in [7, 11) is 0. The van der Waals surface area contributed by atoms with Gasteiger partial charge in [-0.05, 0) is 29.8 Å². The second-order valence-corrected chi connectivity index (χ2v) is 7.46. The van der Waals surface area contributed by atoms with Crippen LogP contribution in [0.3, 0.4) is 0 Å². The zero-order valence-corrected chi connectivity index (χ0v) is 18.0. The van der Waals surface area contributed by atoms with E-state index in [1.165, 1.54) is 5.01 Å². The summed E-state index contributed by atoms with van der Waals surface area (Å²) in [5.41, 5.74) is 2.34. The molecule has 4 rings (SSSR count). The number of ether oxygens (including phenoxy) is 1. The highest BCUT2D eigenvalue weighted by Crippen LogP contribution is 2.21. The van der Waals surface area contributed by atoms with Gasteiger partial charge in [-0.3, -0.25) is 9.59 Å². The first kappa shape index (κ1) is 22.0. The van der Waals surface area contributed by atoms with Crippen molar-refractivity contribution in [2.24, 2.45) is 5.10 Å². The first-order valence-corrected chi connectivity index (χ1v) is 10.6. The van der Waals surface area contributed by atoms with Crippen molar-refractivity contribution in [2.45, 2.75) is 19.4 Å². The molecule has 0 aliphatic carbocycles. The molecule has 0 radical (unpaired) electrons. The lowest BCUT2D eigenvalue weighted by Crippen LogP contribution is -2.37. The summed E-state index contributed by atoms with van der Waals surface area (Å²) in [6, 6.07) is 27.7. The minimum Gasteiger partial charge on any atom is -0.451 e. The highest BCUT2D eigenvalue weighted by atomic mass is 16.5. The molecule has 1 heterocycles. The van der Waals surface area contributed by atoms with Gasteiger partial charge in [0, 0.05) is 18.5 Å². The molecular weight excluding hydrogens is 418 g/mol. The van der Waals surface area contributed by atoms with E-state index in [-0.39, 0.29) is 30.4 Å². The lowest BCUT2D eigenvalue weighted by atomic mass is 10.1. The maximum Gasteiger partial charge on any atom is 0.355 e. The van der Waals surface area contributed by atoms with E-state index >= 15 is 0 Å². The molecule has 0 saturated heterocycles. The van der Waals surface area contributed by atoms with Crippen molar-refractivity contribution in [3.8, 4) is 0 Å². The van der Waals surface area contributed by atoms with Gasteiger partial charge in [-0.15, -0.1) is 0 Å². The van der Waals surface area contributed by atoms with Crippen LogP contribution in [0.2, 0.25) is 0 Å². The number of anilines is 2. The van der Waals surface area contributed by atoms with Crippen molar-refractivity contribution in [3.63, 3.8) is 0 Å². The van der Waals surface area contributed by atoms with Gasteiger partial charge in [0.15, 0.2) is 6.61 Å². The molecule has 0 spiro atoms. The molecule has 0 unspecified atom stereocenters. The van der Waals surface area contributed by atoms with E-state index in [1.807, 2.05) is 66.7 Å². The fourth-order valence-corrected chi connectivity index (χ4v) is 3.46. The third kappa shape index (κ3) is 5.51. The van der Waals surface area contributed by atoms with Gasteiger partial charge in [-0.25, -0.2) is 9.80 Å². The molecule has 0 saturated carbocycles. The Morgan fingerprint density at radius 2 is 1.45 bits per heavy atom. The summed E-state index contributed by atoms with van der Waals surface area (Å²) in [6.45, 7) is -0.0860. The number of rotatable bonds is 7. The number of hydrazone groups is 1. The zero-order chi connectivity index (χ0) is 23.0. The minimum absolute atomic E-state index is 0.112. The monoisotopic (exact) mass is 441 g/mol. The van der Waals surface area contributed by atoms with Gasteiger partial charge in [0.1, 0.15) is 5.71 Å². The van der Waals surface area contributed by atoms with Gasteiger partial charge in [-0.2, -0.15) is 5.10 Å². The molecule has 7 heteroatoms. The average molecular weight is 441 g/mol. The van der Waals surface area contributed by atoms with Crippen LogP contribution in [0.15, 0.2) is 96.1 Å². The molecule has 1 aliphatic heterocycles. The normalized spacial score (nSPS) is 13.3. The molecule has 0 bridgehead atoms. The molecule has 166 valence electrons. The Hall–Kier alpha value is -4.26. The molecule has 1 aliphatic rings. The molecule has 3 aromatic rings. The van der Waals surface area contributed by atoms with Crippen LogP contribution < -0.4 is 9.91 Å². The predicted molar refractivity (Wildman–Crippen MR) is 126 cm³/mol. The molecule has 0 fully saturated rings. The first-order chi connectivity index (χ1) is 16.1. The van der Waals surface area contributed by atoms with E-state index in [9.17, 15) is 14.4 Å². The summed E-state index contributed by atoms with van der Waals surface area (Å²) < 4.78 is 5.30. The zero-order valence-electron chi connectivity index (χ0n) is 18.0. The molecule has 0 atom stereocenters. The Labute approximate surface area is 191 Å². The Balaban J connectivity index is 1.45. The largest absolute Gasteiger partial charge is 0.451 e. The topological polar surface area (TPSA) is 79.3 Å². The lowest BCUT2D eigenvalue weighted by molar-refractivity contribution is -0.141. The molecular formula is C26H23N3O4. The van der Waals surface area contributed by atoms with Crippen LogP contribution in [0.5, 0.6) is 0 Å². The Kier molecular flexibility index (Phi) is 6.90.